The second-order valence-corrected chi connectivity index (χ2v) is 9.90. The lowest BCUT2D eigenvalue weighted by Gasteiger charge is -2.27. The molecule has 3 aromatic rings. The van der Waals surface area contributed by atoms with Crippen molar-refractivity contribution >= 4 is 38.5 Å². The average Bonchev–Trinajstić information content (AvgIpc) is 3.39. The molecule has 0 saturated carbocycles. The van der Waals surface area contributed by atoms with Gasteiger partial charge in [-0.05, 0) is 35.7 Å². The third-order valence-electron chi connectivity index (χ3n) is 4.23. The van der Waals surface area contributed by atoms with Crippen molar-refractivity contribution in [2.75, 3.05) is 31.2 Å². The van der Waals surface area contributed by atoms with E-state index in [4.69, 9.17) is 4.74 Å². The monoisotopic (exact) mass is 421 g/mol. The number of aromatic nitrogens is 1. The normalized spacial score (nSPS) is 15.2. The van der Waals surface area contributed by atoms with Crippen molar-refractivity contribution in [3.63, 3.8) is 0 Å². The maximum atomic E-state index is 12.6. The Hall–Kier alpha value is -1.78. The van der Waals surface area contributed by atoms with Gasteiger partial charge in [-0.1, -0.05) is 6.07 Å². The second-order valence-electron chi connectivity index (χ2n) is 6.02. The number of rotatable bonds is 6. The van der Waals surface area contributed by atoms with E-state index in [1.165, 1.54) is 11.1 Å². The molecule has 0 aromatic carbocycles. The van der Waals surface area contributed by atoms with Gasteiger partial charge in [0.2, 0.25) is 10.0 Å². The minimum absolute atomic E-state index is 0.176. The number of ether oxygens (including phenoxy) is 1. The third kappa shape index (κ3) is 4.39. The maximum Gasteiger partial charge on any atom is 0.242 e. The molecule has 4 rings (SSSR count). The first-order chi connectivity index (χ1) is 13.1. The fraction of sp³-hybridized carbons (Fsp3) is 0.278. The van der Waals surface area contributed by atoms with Crippen molar-refractivity contribution < 1.29 is 13.2 Å². The molecule has 1 fully saturated rings. The molecule has 0 radical (unpaired) electrons. The van der Waals surface area contributed by atoms with Gasteiger partial charge in [-0.2, -0.15) is 0 Å². The maximum absolute atomic E-state index is 12.6. The molecular weight excluding hydrogens is 402 g/mol. The van der Waals surface area contributed by atoms with Crippen molar-refractivity contribution in [1.29, 1.82) is 0 Å². The molecule has 0 bridgehead atoms. The van der Waals surface area contributed by atoms with Crippen LogP contribution < -0.4 is 9.62 Å². The summed E-state index contributed by atoms with van der Waals surface area (Å²) in [6.07, 6.45) is 1.42. The fourth-order valence-electron chi connectivity index (χ4n) is 2.78. The summed E-state index contributed by atoms with van der Waals surface area (Å²) in [4.78, 5) is 9.89. The van der Waals surface area contributed by atoms with Crippen LogP contribution in [0.2, 0.25) is 0 Å². The molecule has 6 nitrogen and oxygen atoms in total. The number of thiophene rings is 2. The molecule has 0 atom stereocenters. The number of anilines is 1. The van der Waals surface area contributed by atoms with Crippen LogP contribution in [-0.4, -0.2) is 39.7 Å². The predicted molar refractivity (Wildman–Crippen MR) is 109 cm³/mol. The lowest BCUT2D eigenvalue weighted by molar-refractivity contribution is 0.122. The summed E-state index contributed by atoms with van der Waals surface area (Å²) in [7, 11) is -3.60. The Kier molecular flexibility index (Phi) is 5.55. The zero-order chi connectivity index (χ0) is 18.7. The summed E-state index contributed by atoms with van der Waals surface area (Å²) < 4.78 is 33.1. The molecule has 0 amide bonds. The molecule has 4 heterocycles. The molecule has 27 heavy (non-hydrogen) atoms. The van der Waals surface area contributed by atoms with Crippen LogP contribution in [0.4, 0.5) is 5.82 Å². The summed E-state index contributed by atoms with van der Waals surface area (Å²) in [5.41, 5.74) is 0. The molecule has 0 aliphatic carbocycles. The molecule has 1 aliphatic rings. The molecule has 1 aliphatic heterocycles. The number of hydrogen-bond acceptors (Lipinski definition) is 7. The Labute approximate surface area is 166 Å². The molecule has 0 spiro atoms. The van der Waals surface area contributed by atoms with E-state index in [1.54, 1.807) is 34.8 Å². The van der Waals surface area contributed by atoms with E-state index < -0.39 is 10.0 Å². The molecule has 142 valence electrons. The topological polar surface area (TPSA) is 71.5 Å². The van der Waals surface area contributed by atoms with Gasteiger partial charge in [0.25, 0.3) is 0 Å². The molecule has 0 unspecified atom stereocenters. The van der Waals surface area contributed by atoms with Crippen molar-refractivity contribution in [2.45, 2.75) is 11.4 Å². The van der Waals surface area contributed by atoms with Gasteiger partial charge in [-0.15, -0.1) is 22.7 Å². The fourth-order valence-corrected chi connectivity index (χ4v) is 5.61. The van der Waals surface area contributed by atoms with Crippen LogP contribution in [0.25, 0.3) is 9.75 Å². The standard InChI is InChI=1S/C18H19N3O3S3/c22-27(23,15-4-6-18(19-13-15)21-7-9-24-10-8-21)20-12-14-3-5-17(26-14)16-2-1-11-25-16/h1-6,11,13,20H,7-10,12H2. The highest BCUT2D eigenvalue weighted by atomic mass is 32.2. The first kappa shape index (κ1) is 18.6. The Bertz CT molecular complexity index is 977. The molecule has 1 saturated heterocycles. The Morgan fingerprint density at radius 2 is 1.96 bits per heavy atom. The van der Waals surface area contributed by atoms with Crippen LogP contribution in [0.3, 0.4) is 0 Å². The van der Waals surface area contributed by atoms with E-state index in [2.05, 4.69) is 20.7 Å². The van der Waals surface area contributed by atoms with Gasteiger partial charge in [0, 0.05) is 40.5 Å². The summed E-state index contributed by atoms with van der Waals surface area (Å²) in [5, 5.41) is 2.03. The lowest BCUT2D eigenvalue weighted by Crippen LogP contribution is -2.36. The molecule has 9 heteroatoms. The molecule has 3 aromatic heterocycles. The summed E-state index contributed by atoms with van der Waals surface area (Å²) >= 11 is 3.27. The second kappa shape index (κ2) is 8.07. The van der Waals surface area contributed by atoms with Crippen LogP contribution in [-0.2, 0) is 21.3 Å². The number of hydrogen-bond donors (Lipinski definition) is 1. The summed E-state index contributed by atoms with van der Waals surface area (Å²) in [6, 6.07) is 11.4. The molecular formula is C18H19N3O3S3. The van der Waals surface area contributed by atoms with Gasteiger partial charge in [-0.25, -0.2) is 18.1 Å². The van der Waals surface area contributed by atoms with Crippen LogP contribution >= 0.6 is 22.7 Å². The van der Waals surface area contributed by atoms with Crippen LogP contribution in [0.1, 0.15) is 4.88 Å². The van der Waals surface area contributed by atoms with Crippen LogP contribution in [0.5, 0.6) is 0 Å². The van der Waals surface area contributed by atoms with Crippen LogP contribution in [0, 0.1) is 0 Å². The van der Waals surface area contributed by atoms with Crippen molar-refractivity contribution in [3.05, 3.63) is 52.9 Å². The lowest BCUT2D eigenvalue weighted by atomic mass is 10.4. The van der Waals surface area contributed by atoms with Gasteiger partial charge in [-0.3, -0.25) is 0 Å². The van der Waals surface area contributed by atoms with Crippen molar-refractivity contribution in [2.24, 2.45) is 0 Å². The number of nitrogens with zero attached hydrogens (tertiary/aromatic N) is 2. The summed E-state index contributed by atoms with van der Waals surface area (Å²) in [5.74, 6) is 0.774. The van der Waals surface area contributed by atoms with Gasteiger partial charge in [0.15, 0.2) is 0 Å². The van der Waals surface area contributed by atoms with E-state index >= 15 is 0 Å². The van der Waals surface area contributed by atoms with E-state index in [0.717, 1.165) is 28.7 Å². The average molecular weight is 422 g/mol. The first-order valence-electron chi connectivity index (χ1n) is 8.53. The Morgan fingerprint density at radius 1 is 1.11 bits per heavy atom. The van der Waals surface area contributed by atoms with E-state index in [1.807, 2.05) is 23.6 Å². The highest BCUT2D eigenvalue weighted by molar-refractivity contribution is 7.89. The number of nitrogens with one attached hydrogen (secondary N) is 1. The minimum atomic E-state index is -3.60. The summed E-state index contributed by atoms with van der Waals surface area (Å²) in [6.45, 7) is 3.13. The quantitative estimate of drug-likeness (QED) is 0.662. The Balaban J connectivity index is 1.41. The SMILES string of the molecule is O=S(=O)(NCc1ccc(-c2cccs2)s1)c1ccc(N2CCOCC2)nc1. The highest BCUT2D eigenvalue weighted by Crippen LogP contribution is 2.31. The highest BCUT2D eigenvalue weighted by Gasteiger charge is 2.17. The van der Waals surface area contributed by atoms with Gasteiger partial charge in [0.05, 0.1) is 13.2 Å². The number of sulfonamides is 1. The zero-order valence-corrected chi connectivity index (χ0v) is 16.9. The molecule has 1 N–H and O–H groups in total. The number of morpholine rings is 1. The largest absolute Gasteiger partial charge is 0.378 e. The zero-order valence-electron chi connectivity index (χ0n) is 14.5. The van der Waals surface area contributed by atoms with Gasteiger partial charge in [0.1, 0.15) is 10.7 Å². The van der Waals surface area contributed by atoms with Gasteiger partial charge < -0.3 is 9.64 Å². The Morgan fingerprint density at radius 3 is 2.67 bits per heavy atom. The minimum Gasteiger partial charge on any atom is -0.378 e. The van der Waals surface area contributed by atoms with Crippen molar-refractivity contribution in [3.8, 4) is 9.75 Å². The van der Waals surface area contributed by atoms with E-state index in [0.29, 0.717) is 13.2 Å². The smallest absolute Gasteiger partial charge is 0.242 e. The van der Waals surface area contributed by atoms with Gasteiger partial charge >= 0.3 is 0 Å². The van der Waals surface area contributed by atoms with Crippen LogP contribution in [0.15, 0.2) is 52.9 Å². The first-order valence-corrected chi connectivity index (χ1v) is 11.7. The predicted octanol–water partition coefficient (Wildman–Crippen LogP) is 3.19. The van der Waals surface area contributed by atoms with E-state index in [9.17, 15) is 8.42 Å². The number of pyridine rings is 1. The van der Waals surface area contributed by atoms with E-state index in [-0.39, 0.29) is 11.4 Å². The third-order valence-corrected chi connectivity index (χ3v) is 7.77. The van der Waals surface area contributed by atoms with Crippen molar-refractivity contribution in [1.82, 2.24) is 9.71 Å².